The number of fused-ring (bicyclic) bond motifs is 2. The number of hydrogen-bond donors (Lipinski definition) is 1. The molecule has 2 aliphatic heterocycles. The molecule has 66 valence electrons. The van der Waals surface area contributed by atoms with Crippen molar-refractivity contribution >= 4 is 0 Å². The minimum atomic E-state index is -0.632. The molecule has 0 aromatic heterocycles. The fourth-order valence-electron chi connectivity index (χ4n) is 1.55. The van der Waals surface area contributed by atoms with Gasteiger partial charge >= 0.3 is 0 Å². The van der Waals surface area contributed by atoms with E-state index in [0.717, 1.165) is 0 Å². The quantitative estimate of drug-likeness (QED) is 0.346. The molecule has 0 amide bonds. The summed E-state index contributed by atoms with van der Waals surface area (Å²) in [6.07, 6.45) is -0.725. The van der Waals surface area contributed by atoms with Gasteiger partial charge in [0.25, 0.3) is 0 Å². The van der Waals surface area contributed by atoms with E-state index >= 15 is 0 Å². The van der Waals surface area contributed by atoms with Gasteiger partial charge in [0.2, 0.25) is 0 Å². The Kier molecular flexibility index (Phi) is 1.90. The molecule has 0 radical (unpaired) electrons. The summed E-state index contributed by atoms with van der Waals surface area (Å²) in [5, 5.41) is 12.9. The molecule has 0 aliphatic carbocycles. The van der Waals surface area contributed by atoms with E-state index in [1.807, 2.05) is 0 Å². The average Bonchev–Trinajstić information content (AvgIpc) is 2.43. The van der Waals surface area contributed by atoms with Crippen LogP contribution in [0.5, 0.6) is 0 Å². The lowest BCUT2D eigenvalue weighted by Crippen LogP contribution is -2.42. The van der Waals surface area contributed by atoms with E-state index in [2.05, 4.69) is 10.0 Å². The highest BCUT2D eigenvalue weighted by Crippen LogP contribution is 2.29. The number of aliphatic hydroxyl groups excluding tert-OH is 1. The summed E-state index contributed by atoms with van der Waals surface area (Å²) in [6, 6.07) is -0.589. The number of azide groups is 1. The number of aliphatic hydroxyl groups is 1. The van der Waals surface area contributed by atoms with Gasteiger partial charge in [0.05, 0.1) is 18.8 Å². The topological polar surface area (TPSA) is 87.5 Å². The van der Waals surface area contributed by atoms with Crippen LogP contribution in [0.1, 0.15) is 6.42 Å². The molecule has 4 atom stereocenters. The van der Waals surface area contributed by atoms with E-state index in [1.54, 1.807) is 0 Å². The molecular formula is C6H9N3O3. The fourth-order valence-corrected chi connectivity index (χ4v) is 1.55. The van der Waals surface area contributed by atoms with Crippen LogP contribution in [0.4, 0.5) is 0 Å². The highest BCUT2D eigenvalue weighted by Gasteiger charge is 2.42. The first kappa shape index (κ1) is 7.82. The van der Waals surface area contributed by atoms with Gasteiger partial charge in [-0.25, -0.2) is 0 Å². The molecule has 2 saturated heterocycles. The van der Waals surface area contributed by atoms with Crippen LogP contribution in [0.2, 0.25) is 0 Å². The summed E-state index contributed by atoms with van der Waals surface area (Å²) in [5.41, 5.74) is 8.20. The maximum atomic E-state index is 9.46. The van der Waals surface area contributed by atoms with E-state index in [9.17, 15) is 5.11 Å². The number of rotatable bonds is 1. The molecule has 2 heterocycles. The van der Waals surface area contributed by atoms with Crippen molar-refractivity contribution in [3.8, 4) is 0 Å². The Morgan fingerprint density at radius 1 is 1.58 bits per heavy atom. The molecule has 2 rings (SSSR count). The van der Waals surface area contributed by atoms with Gasteiger partial charge in [-0.2, -0.15) is 0 Å². The molecule has 2 unspecified atom stereocenters. The Morgan fingerprint density at radius 2 is 2.42 bits per heavy atom. The lowest BCUT2D eigenvalue weighted by atomic mass is 10.0. The third kappa shape index (κ3) is 1.15. The van der Waals surface area contributed by atoms with Crippen molar-refractivity contribution in [1.82, 2.24) is 0 Å². The standard InChI is InChI=1S/C6H9N3O3/c7-9-8-5-4(10)1-3-2-11-6(5)12-3/h3-6,10H,1-2H2/t3-,4?,5-,6?/m0/s1. The van der Waals surface area contributed by atoms with Gasteiger partial charge in [-0.1, -0.05) is 5.11 Å². The third-order valence-corrected chi connectivity index (χ3v) is 2.14. The van der Waals surface area contributed by atoms with Gasteiger partial charge in [0, 0.05) is 11.3 Å². The van der Waals surface area contributed by atoms with E-state index < -0.39 is 18.4 Å². The second-order valence-electron chi connectivity index (χ2n) is 2.96. The zero-order valence-corrected chi connectivity index (χ0v) is 6.33. The minimum Gasteiger partial charge on any atom is -0.392 e. The molecule has 12 heavy (non-hydrogen) atoms. The number of nitrogens with zero attached hydrogens (tertiary/aromatic N) is 3. The minimum absolute atomic E-state index is 0.0323. The molecule has 6 heteroatoms. The summed E-state index contributed by atoms with van der Waals surface area (Å²) >= 11 is 0. The fraction of sp³-hybridized carbons (Fsp3) is 1.00. The average molecular weight is 171 g/mol. The van der Waals surface area contributed by atoms with Crippen molar-refractivity contribution in [2.24, 2.45) is 5.11 Å². The highest BCUT2D eigenvalue weighted by molar-refractivity contribution is 4.90. The Bertz CT molecular complexity index is 228. The highest BCUT2D eigenvalue weighted by atomic mass is 16.7. The van der Waals surface area contributed by atoms with Gasteiger partial charge in [0.15, 0.2) is 6.29 Å². The van der Waals surface area contributed by atoms with Crippen molar-refractivity contribution in [1.29, 1.82) is 0 Å². The molecule has 0 saturated carbocycles. The van der Waals surface area contributed by atoms with Crippen LogP contribution >= 0.6 is 0 Å². The Hall–Kier alpha value is -0.810. The summed E-state index contributed by atoms with van der Waals surface area (Å²) in [5.74, 6) is 0. The molecule has 2 bridgehead atoms. The van der Waals surface area contributed by atoms with Crippen molar-refractivity contribution in [3.05, 3.63) is 10.4 Å². The first-order chi connectivity index (χ1) is 5.81. The Balaban J connectivity index is 2.14. The summed E-state index contributed by atoms with van der Waals surface area (Å²) in [6.45, 7) is 0.485. The van der Waals surface area contributed by atoms with Crippen molar-refractivity contribution < 1.29 is 14.6 Å². The Morgan fingerprint density at radius 3 is 3.17 bits per heavy atom. The van der Waals surface area contributed by atoms with Crippen LogP contribution in [-0.2, 0) is 9.47 Å². The maximum absolute atomic E-state index is 9.46. The smallest absolute Gasteiger partial charge is 0.169 e. The van der Waals surface area contributed by atoms with Crippen molar-refractivity contribution in [2.75, 3.05) is 6.61 Å². The third-order valence-electron chi connectivity index (χ3n) is 2.14. The second kappa shape index (κ2) is 2.91. The largest absolute Gasteiger partial charge is 0.392 e. The van der Waals surface area contributed by atoms with E-state index in [4.69, 9.17) is 15.0 Å². The molecule has 2 aliphatic rings. The SMILES string of the molecule is [N-]=[N+]=N[C@H]1C(O)C[C@H]2COC1O2. The van der Waals surface area contributed by atoms with Crippen LogP contribution in [0.3, 0.4) is 0 Å². The molecule has 0 aromatic carbocycles. The molecule has 6 nitrogen and oxygen atoms in total. The lowest BCUT2D eigenvalue weighted by Gasteiger charge is -2.28. The van der Waals surface area contributed by atoms with E-state index in [0.29, 0.717) is 13.0 Å². The monoisotopic (exact) mass is 171 g/mol. The zero-order chi connectivity index (χ0) is 8.55. The zero-order valence-electron chi connectivity index (χ0n) is 6.33. The van der Waals surface area contributed by atoms with Crippen LogP contribution in [0.15, 0.2) is 5.11 Å². The lowest BCUT2D eigenvalue weighted by molar-refractivity contribution is -0.130. The van der Waals surface area contributed by atoms with Gasteiger partial charge in [-0.15, -0.1) is 0 Å². The molecule has 0 aromatic rings. The van der Waals surface area contributed by atoms with Gasteiger partial charge in [-0.3, -0.25) is 0 Å². The summed E-state index contributed by atoms with van der Waals surface area (Å²) < 4.78 is 10.5. The van der Waals surface area contributed by atoms with Gasteiger partial charge < -0.3 is 14.6 Å². The molecule has 0 spiro atoms. The van der Waals surface area contributed by atoms with Crippen LogP contribution in [0, 0.1) is 0 Å². The second-order valence-corrected chi connectivity index (χ2v) is 2.96. The van der Waals surface area contributed by atoms with Crippen LogP contribution in [0.25, 0.3) is 10.4 Å². The van der Waals surface area contributed by atoms with Gasteiger partial charge in [0.1, 0.15) is 6.04 Å². The van der Waals surface area contributed by atoms with Crippen LogP contribution < -0.4 is 0 Å². The first-order valence-electron chi connectivity index (χ1n) is 3.80. The Labute approximate surface area is 68.7 Å². The van der Waals surface area contributed by atoms with E-state index in [-0.39, 0.29) is 6.10 Å². The first-order valence-corrected chi connectivity index (χ1v) is 3.80. The van der Waals surface area contributed by atoms with Crippen LogP contribution in [-0.4, -0.2) is 36.3 Å². The van der Waals surface area contributed by atoms with Crippen molar-refractivity contribution in [2.45, 2.75) is 31.0 Å². The summed E-state index contributed by atoms with van der Waals surface area (Å²) in [7, 11) is 0. The number of ether oxygens (including phenoxy) is 2. The predicted octanol–water partition coefficient (Wildman–Crippen LogP) is 0.171. The predicted molar refractivity (Wildman–Crippen MR) is 38.2 cm³/mol. The molecule has 2 fully saturated rings. The normalized spacial score (nSPS) is 45.4. The molecule has 1 N–H and O–H groups in total. The van der Waals surface area contributed by atoms with E-state index in [1.165, 1.54) is 0 Å². The summed E-state index contributed by atoms with van der Waals surface area (Å²) in [4.78, 5) is 2.63. The number of hydrogen-bond acceptors (Lipinski definition) is 4. The molecular weight excluding hydrogens is 162 g/mol. The van der Waals surface area contributed by atoms with Gasteiger partial charge in [-0.05, 0) is 5.53 Å². The van der Waals surface area contributed by atoms with Crippen molar-refractivity contribution in [3.63, 3.8) is 0 Å². The maximum Gasteiger partial charge on any atom is 0.169 e.